The molecule has 1 aromatic carbocycles. The standard InChI is InChI=1S/C19H27N3O3S.HI/c1-5-20-19(21-11-10-15-7-6-12-26-15)22-13-14-8-9-16(23-2)18(25-4)17(14)24-3;/h6-9,12H,5,10-11,13H2,1-4H3,(H2,20,21,22);1H. The molecule has 0 bridgehead atoms. The van der Waals surface area contributed by atoms with Crippen LogP contribution in [0.4, 0.5) is 0 Å². The van der Waals surface area contributed by atoms with Gasteiger partial charge in [0.25, 0.3) is 0 Å². The highest BCUT2D eigenvalue weighted by molar-refractivity contribution is 14.0. The molecule has 0 aliphatic heterocycles. The van der Waals surface area contributed by atoms with E-state index in [1.165, 1.54) is 4.88 Å². The first-order valence-electron chi connectivity index (χ1n) is 8.55. The molecule has 0 amide bonds. The van der Waals surface area contributed by atoms with Crippen molar-refractivity contribution < 1.29 is 14.2 Å². The fourth-order valence-electron chi connectivity index (χ4n) is 2.55. The van der Waals surface area contributed by atoms with Crippen LogP contribution in [-0.2, 0) is 13.0 Å². The fraction of sp³-hybridized carbons (Fsp3) is 0.421. The van der Waals surface area contributed by atoms with Crippen LogP contribution in [0, 0.1) is 0 Å². The maximum absolute atomic E-state index is 5.52. The molecule has 150 valence electrons. The van der Waals surface area contributed by atoms with Crippen LogP contribution in [0.3, 0.4) is 0 Å². The van der Waals surface area contributed by atoms with Gasteiger partial charge in [-0.1, -0.05) is 6.07 Å². The Morgan fingerprint density at radius 3 is 2.41 bits per heavy atom. The Labute approximate surface area is 182 Å². The highest BCUT2D eigenvalue weighted by Crippen LogP contribution is 2.39. The minimum absolute atomic E-state index is 0. The molecule has 0 spiro atoms. The predicted molar refractivity (Wildman–Crippen MR) is 122 cm³/mol. The van der Waals surface area contributed by atoms with E-state index in [0.29, 0.717) is 23.8 Å². The number of nitrogens with one attached hydrogen (secondary N) is 2. The summed E-state index contributed by atoms with van der Waals surface area (Å²) >= 11 is 1.77. The Balaban J connectivity index is 0.00000364. The van der Waals surface area contributed by atoms with Crippen molar-refractivity contribution in [2.45, 2.75) is 19.9 Å². The molecule has 0 fully saturated rings. The molecule has 0 saturated carbocycles. The third-order valence-corrected chi connectivity index (χ3v) is 4.72. The van der Waals surface area contributed by atoms with Crippen LogP contribution < -0.4 is 24.8 Å². The van der Waals surface area contributed by atoms with Gasteiger partial charge >= 0.3 is 0 Å². The number of halogens is 1. The number of methoxy groups -OCH3 is 3. The first-order chi connectivity index (χ1) is 12.7. The highest BCUT2D eigenvalue weighted by atomic mass is 127. The number of hydrogen-bond acceptors (Lipinski definition) is 5. The molecule has 0 saturated heterocycles. The fourth-order valence-corrected chi connectivity index (χ4v) is 3.26. The maximum atomic E-state index is 5.52. The van der Waals surface area contributed by atoms with Gasteiger partial charge in [-0.2, -0.15) is 0 Å². The number of rotatable bonds is 9. The molecule has 6 nitrogen and oxygen atoms in total. The van der Waals surface area contributed by atoms with Crippen molar-refractivity contribution in [2.24, 2.45) is 4.99 Å². The molecular formula is C19H28IN3O3S. The summed E-state index contributed by atoms with van der Waals surface area (Å²) in [5, 5.41) is 8.73. The number of ether oxygens (including phenoxy) is 3. The summed E-state index contributed by atoms with van der Waals surface area (Å²) in [6.45, 7) is 4.15. The molecule has 1 aromatic heterocycles. The molecule has 0 radical (unpaired) electrons. The minimum atomic E-state index is 0. The quantitative estimate of drug-likeness (QED) is 0.309. The number of thiophene rings is 1. The maximum Gasteiger partial charge on any atom is 0.203 e. The number of nitrogens with zero attached hydrogens (tertiary/aromatic N) is 1. The van der Waals surface area contributed by atoms with E-state index in [9.17, 15) is 0 Å². The Bertz CT molecular complexity index is 708. The minimum Gasteiger partial charge on any atom is -0.493 e. The number of hydrogen-bond donors (Lipinski definition) is 2. The van der Waals surface area contributed by atoms with Crippen LogP contribution >= 0.6 is 35.3 Å². The second kappa shape index (κ2) is 12.7. The van der Waals surface area contributed by atoms with Gasteiger partial charge in [-0.15, -0.1) is 35.3 Å². The summed E-state index contributed by atoms with van der Waals surface area (Å²) in [5.74, 6) is 2.64. The summed E-state index contributed by atoms with van der Waals surface area (Å²) in [4.78, 5) is 6.02. The number of guanidine groups is 1. The molecule has 2 N–H and O–H groups in total. The van der Waals surface area contributed by atoms with Crippen molar-refractivity contribution in [3.8, 4) is 17.2 Å². The number of aliphatic imine (C=N–C) groups is 1. The molecule has 0 unspecified atom stereocenters. The zero-order valence-corrected chi connectivity index (χ0v) is 19.4. The Kier molecular flexibility index (Phi) is 11.0. The van der Waals surface area contributed by atoms with Gasteiger partial charge in [0.05, 0.1) is 27.9 Å². The van der Waals surface area contributed by atoms with E-state index in [1.807, 2.05) is 19.1 Å². The molecule has 8 heteroatoms. The molecular weight excluding hydrogens is 477 g/mol. The monoisotopic (exact) mass is 505 g/mol. The molecule has 2 rings (SSSR count). The van der Waals surface area contributed by atoms with Crippen LogP contribution in [0.5, 0.6) is 17.2 Å². The van der Waals surface area contributed by atoms with E-state index < -0.39 is 0 Å². The van der Waals surface area contributed by atoms with Crippen LogP contribution in [-0.4, -0.2) is 40.4 Å². The van der Waals surface area contributed by atoms with Gasteiger partial charge in [-0.05, 0) is 36.9 Å². The molecule has 0 aliphatic rings. The lowest BCUT2D eigenvalue weighted by Gasteiger charge is -2.15. The van der Waals surface area contributed by atoms with Crippen molar-refractivity contribution in [3.63, 3.8) is 0 Å². The lowest BCUT2D eigenvalue weighted by molar-refractivity contribution is 0.322. The van der Waals surface area contributed by atoms with Gasteiger partial charge in [0.15, 0.2) is 17.5 Å². The van der Waals surface area contributed by atoms with Crippen molar-refractivity contribution in [1.29, 1.82) is 0 Å². The van der Waals surface area contributed by atoms with Crippen LogP contribution in [0.15, 0.2) is 34.6 Å². The summed E-state index contributed by atoms with van der Waals surface area (Å²) in [6, 6.07) is 8.02. The van der Waals surface area contributed by atoms with Crippen molar-refractivity contribution in [1.82, 2.24) is 10.6 Å². The molecule has 0 atom stereocenters. The van der Waals surface area contributed by atoms with Gasteiger partial charge in [0.1, 0.15) is 0 Å². The summed E-state index contributed by atoms with van der Waals surface area (Å²) < 4.78 is 16.3. The molecule has 27 heavy (non-hydrogen) atoms. The van der Waals surface area contributed by atoms with Crippen molar-refractivity contribution >= 4 is 41.3 Å². The van der Waals surface area contributed by atoms with E-state index in [-0.39, 0.29) is 24.0 Å². The highest BCUT2D eigenvalue weighted by Gasteiger charge is 2.15. The number of benzene rings is 1. The Morgan fingerprint density at radius 1 is 1.04 bits per heavy atom. The first-order valence-corrected chi connectivity index (χ1v) is 9.43. The van der Waals surface area contributed by atoms with Crippen LogP contribution in [0.25, 0.3) is 0 Å². The predicted octanol–water partition coefficient (Wildman–Crippen LogP) is 3.69. The van der Waals surface area contributed by atoms with E-state index in [0.717, 1.165) is 31.0 Å². The lowest BCUT2D eigenvalue weighted by Crippen LogP contribution is -2.38. The summed E-state index contributed by atoms with van der Waals surface area (Å²) in [7, 11) is 4.83. The van der Waals surface area contributed by atoms with E-state index >= 15 is 0 Å². The van der Waals surface area contributed by atoms with Gasteiger partial charge in [-0.3, -0.25) is 0 Å². The van der Waals surface area contributed by atoms with E-state index in [4.69, 9.17) is 14.2 Å². The van der Waals surface area contributed by atoms with Gasteiger partial charge in [0, 0.05) is 23.5 Å². The van der Waals surface area contributed by atoms with Gasteiger partial charge < -0.3 is 24.8 Å². The van der Waals surface area contributed by atoms with E-state index in [2.05, 4.69) is 33.1 Å². The lowest BCUT2D eigenvalue weighted by atomic mass is 10.1. The third kappa shape index (κ3) is 6.76. The first kappa shape index (κ1) is 23.4. The smallest absolute Gasteiger partial charge is 0.203 e. The van der Waals surface area contributed by atoms with Crippen molar-refractivity contribution in [3.05, 3.63) is 40.1 Å². The second-order valence-corrected chi connectivity index (χ2v) is 6.48. The van der Waals surface area contributed by atoms with Crippen LogP contribution in [0.1, 0.15) is 17.4 Å². The second-order valence-electron chi connectivity index (χ2n) is 5.44. The van der Waals surface area contributed by atoms with Crippen LogP contribution in [0.2, 0.25) is 0 Å². The normalized spacial score (nSPS) is 10.7. The zero-order valence-electron chi connectivity index (χ0n) is 16.2. The summed E-state index contributed by atoms with van der Waals surface area (Å²) in [5.41, 5.74) is 0.931. The Morgan fingerprint density at radius 2 is 1.81 bits per heavy atom. The molecule has 1 heterocycles. The van der Waals surface area contributed by atoms with Crippen molar-refractivity contribution in [2.75, 3.05) is 34.4 Å². The average molecular weight is 505 g/mol. The summed E-state index contributed by atoms with van der Waals surface area (Å²) in [6.07, 6.45) is 0.974. The molecule has 0 aliphatic carbocycles. The Hall–Kier alpha value is -1.68. The average Bonchev–Trinajstić information content (AvgIpc) is 3.18. The van der Waals surface area contributed by atoms with Gasteiger partial charge in [0.2, 0.25) is 5.75 Å². The largest absolute Gasteiger partial charge is 0.493 e. The molecule has 2 aromatic rings. The third-order valence-electron chi connectivity index (χ3n) is 3.78. The zero-order chi connectivity index (χ0) is 18.8. The SMILES string of the molecule is CCNC(=NCc1ccc(OC)c(OC)c1OC)NCCc1cccs1.I. The van der Waals surface area contributed by atoms with Gasteiger partial charge in [-0.25, -0.2) is 4.99 Å². The topological polar surface area (TPSA) is 64.1 Å². The van der Waals surface area contributed by atoms with E-state index in [1.54, 1.807) is 32.7 Å².